The molecule has 0 radical (unpaired) electrons. The molecule has 40 heavy (non-hydrogen) atoms. The summed E-state index contributed by atoms with van der Waals surface area (Å²) in [6.07, 6.45) is -2.70. The lowest BCUT2D eigenvalue weighted by Gasteiger charge is -2.66. The highest BCUT2D eigenvalue weighted by atomic mass is 16.7. The highest BCUT2D eigenvalue weighted by molar-refractivity contribution is 5.85. The van der Waals surface area contributed by atoms with E-state index in [1.54, 1.807) is 6.92 Å². The van der Waals surface area contributed by atoms with Crippen LogP contribution in [0, 0.1) is 28.6 Å². The summed E-state index contributed by atoms with van der Waals surface area (Å²) in [5, 5.41) is 66.7. The van der Waals surface area contributed by atoms with Gasteiger partial charge >= 0.3 is 5.97 Å². The molecule has 6 rings (SSSR count). The molecule has 11 heteroatoms. The summed E-state index contributed by atoms with van der Waals surface area (Å²) in [5.74, 6) is -1.42. The summed E-state index contributed by atoms with van der Waals surface area (Å²) in [6.45, 7) is 3.61. The molecule has 0 aromatic rings. The Bertz CT molecular complexity index is 1080. The van der Waals surface area contributed by atoms with E-state index < -0.39 is 76.8 Å². The highest BCUT2D eigenvalue weighted by Gasteiger charge is 2.74. The lowest BCUT2D eigenvalue weighted by atomic mass is 9.41. The summed E-state index contributed by atoms with van der Waals surface area (Å²) in [4.78, 5) is 24.8. The minimum Gasteiger partial charge on any atom is -0.458 e. The van der Waals surface area contributed by atoms with Crippen molar-refractivity contribution in [1.82, 2.24) is 0 Å². The van der Waals surface area contributed by atoms with Gasteiger partial charge in [-0.3, -0.25) is 0 Å². The van der Waals surface area contributed by atoms with Crippen LogP contribution in [0.5, 0.6) is 0 Å². The summed E-state index contributed by atoms with van der Waals surface area (Å²) in [7, 11) is 0. The van der Waals surface area contributed by atoms with Crippen molar-refractivity contribution in [3.8, 4) is 0 Å². The second-order valence-corrected chi connectivity index (χ2v) is 13.5. The largest absolute Gasteiger partial charge is 0.458 e. The van der Waals surface area contributed by atoms with Gasteiger partial charge in [0.05, 0.1) is 34.9 Å². The Morgan fingerprint density at radius 2 is 1.75 bits per heavy atom. The van der Waals surface area contributed by atoms with Crippen LogP contribution in [0.2, 0.25) is 0 Å². The second kappa shape index (κ2) is 9.54. The van der Waals surface area contributed by atoms with E-state index in [2.05, 4.69) is 0 Å². The topological polar surface area (TPSA) is 183 Å². The lowest BCUT2D eigenvalue weighted by Crippen LogP contribution is -2.71. The number of aliphatic hydroxyl groups excluding tert-OH is 4. The second-order valence-electron chi connectivity index (χ2n) is 13.5. The number of hydrogen-bond acceptors (Lipinski definition) is 11. The molecule has 0 spiro atoms. The van der Waals surface area contributed by atoms with E-state index in [9.17, 15) is 40.2 Å². The molecular weight excluding hydrogens is 524 g/mol. The zero-order valence-electron chi connectivity index (χ0n) is 23.0. The van der Waals surface area contributed by atoms with Gasteiger partial charge in [0.2, 0.25) is 0 Å². The SMILES string of the molecule is C[C@H]1O[C@@H](O[C@H]2CC[C@]3(C=O)[C@H]4C[C@@H](O)[C@]5(C)[C@@H](C6=CC(=O)OC6)CC[C@]5(O)[C@@H]4CC[C@]3(O)C2)[C@H](O)[C@H](O)[C@@H]1O. The molecule has 11 nitrogen and oxygen atoms in total. The summed E-state index contributed by atoms with van der Waals surface area (Å²) in [6, 6.07) is 0. The fourth-order valence-electron chi connectivity index (χ4n) is 9.74. The maximum atomic E-state index is 13.0. The number of cyclic esters (lactones) is 1. The van der Waals surface area contributed by atoms with E-state index in [0.29, 0.717) is 25.7 Å². The number of esters is 1. The number of aliphatic hydroxyl groups is 6. The molecule has 6 N–H and O–H groups in total. The van der Waals surface area contributed by atoms with Crippen LogP contribution in [-0.4, -0.2) is 104 Å². The van der Waals surface area contributed by atoms with Crippen molar-refractivity contribution in [2.45, 2.75) is 119 Å². The molecule has 2 heterocycles. The quantitative estimate of drug-likeness (QED) is 0.149. The van der Waals surface area contributed by atoms with E-state index in [-0.39, 0.29) is 44.1 Å². The van der Waals surface area contributed by atoms with Crippen LogP contribution in [0.15, 0.2) is 11.6 Å². The Balaban J connectivity index is 1.25. The molecule has 0 unspecified atom stereocenters. The zero-order chi connectivity index (χ0) is 28.8. The number of fused-ring (bicyclic) bond motifs is 5. The Labute approximate surface area is 233 Å². The molecule has 2 aliphatic heterocycles. The first-order valence-corrected chi connectivity index (χ1v) is 14.6. The average molecular weight is 567 g/mol. The predicted molar refractivity (Wildman–Crippen MR) is 136 cm³/mol. The Kier molecular flexibility index (Phi) is 6.83. The van der Waals surface area contributed by atoms with Crippen LogP contribution >= 0.6 is 0 Å². The Morgan fingerprint density at radius 3 is 2.42 bits per heavy atom. The predicted octanol–water partition coefficient (Wildman–Crippen LogP) is -0.279. The Hall–Kier alpha value is -1.44. The first-order chi connectivity index (χ1) is 18.8. The average Bonchev–Trinajstić information content (AvgIpc) is 3.46. The van der Waals surface area contributed by atoms with Crippen LogP contribution in [-0.2, 0) is 23.8 Å². The third-order valence-corrected chi connectivity index (χ3v) is 12.1. The van der Waals surface area contributed by atoms with Crippen LogP contribution < -0.4 is 0 Å². The van der Waals surface area contributed by atoms with Gasteiger partial charge in [0.1, 0.15) is 31.2 Å². The normalized spacial score (nSPS) is 56.0. The molecule has 14 atom stereocenters. The third-order valence-electron chi connectivity index (χ3n) is 12.1. The van der Waals surface area contributed by atoms with Gasteiger partial charge in [0.15, 0.2) is 6.29 Å². The first-order valence-electron chi connectivity index (χ1n) is 14.6. The van der Waals surface area contributed by atoms with E-state index in [4.69, 9.17) is 14.2 Å². The van der Waals surface area contributed by atoms with Crippen LogP contribution in [0.3, 0.4) is 0 Å². The number of hydrogen-bond donors (Lipinski definition) is 6. The highest BCUT2D eigenvalue weighted by Crippen LogP contribution is 2.70. The van der Waals surface area contributed by atoms with Gasteiger partial charge in [-0.2, -0.15) is 0 Å². The molecule has 4 saturated carbocycles. The van der Waals surface area contributed by atoms with Crippen molar-refractivity contribution in [2.24, 2.45) is 28.6 Å². The van der Waals surface area contributed by atoms with Crippen LogP contribution in [0.25, 0.3) is 0 Å². The molecule has 224 valence electrons. The van der Waals surface area contributed by atoms with Gasteiger partial charge in [-0.05, 0) is 75.2 Å². The van der Waals surface area contributed by atoms with Crippen LogP contribution in [0.1, 0.15) is 65.2 Å². The maximum Gasteiger partial charge on any atom is 0.331 e. The van der Waals surface area contributed by atoms with E-state index >= 15 is 0 Å². The summed E-state index contributed by atoms with van der Waals surface area (Å²) in [5.41, 5.74) is -4.09. The van der Waals surface area contributed by atoms with Crippen molar-refractivity contribution in [1.29, 1.82) is 0 Å². The van der Waals surface area contributed by atoms with Crippen molar-refractivity contribution < 1.29 is 54.4 Å². The van der Waals surface area contributed by atoms with Crippen LogP contribution in [0.4, 0.5) is 0 Å². The molecule has 0 aromatic carbocycles. The minimum absolute atomic E-state index is 0.0926. The van der Waals surface area contributed by atoms with Gasteiger partial charge in [0.25, 0.3) is 0 Å². The Morgan fingerprint density at radius 1 is 1.00 bits per heavy atom. The number of carbonyl (C=O) groups is 2. The fourth-order valence-corrected chi connectivity index (χ4v) is 9.74. The summed E-state index contributed by atoms with van der Waals surface area (Å²) >= 11 is 0. The van der Waals surface area contributed by atoms with Crippen molar-refractivity contribution >= 4 is 12.3 Å². The molecular formula is C29H42O11. The number of ether oxygens (including phenoxy) is 3. The smallest absolute Gasteiger partial charge is 0.331 e. The summed E-state index contributed by atoms with van der Waals surface area (Å²) < 4.78 is 16.8. The third kappa shape index (κ3) is 3.71. The van der Waals surface area contributed by atoms with E-state index in [1.165, 1.54) is 6.08 Å². The van der Waals surface area contributed by atoms with Crippen molar-refractivity contribution in [3.05, 3.63) is 11.6 Å². The number of rotatable bonds is 4. The fraction of sp³-hybridized carbons (Fsp3) is 0.862. The number of carbonyl (C=O) groups excluding carboxylic acids is 2. The number of aldehydes is 1. The van der Waals surface area contributed by atoms with Crippen molar-refractivity contribution in [2.75, 3.05) is 6.61 Å². The molecule has 4 aliphatic carbocycles. The molecule has 0 bridgehead atoms. The van der Waals surface area contributed by atoms with Gasteiger partial charge in [0, 0.05) is 17.9 Å². The standard InChI is InChI=1S/C29H42O11/c1-14-22(33)23(34)24(35)25(39-14)40-16-3-6-27(13-30)19-10-20(31)26(2)17(15-9-21(32)38-12-15)5-8-29(26,37)18(19)4-7-28(27,36)11-16/h9,13-14,16-20,22-25,31,33-37H,3-8,10-12H2,1-2H3/t14-,16+,17-,18-,19+,20-,22-,23-,24-,25+,26+,27+,28+,29+/m1/s1. The van der Waals surface area contributed by atoms with E-state index in [0.717, 1.165) is 11.9 Å². The van der Waals surface area contributed by atoms with Gasteiger partial charge in [-0.1, -0.05) is 6.92 Å². The van der Waals surface area contributed by atoms with Gasteiger partial charge < -0.3 is 49.6 Å². The molecule has 6 aliphatic rings. The molecule has 1 saturated heterocycles. The van der Waals surface area contributed by atoms with E-state index in [1.807, 2.05) is 6.92 Å². The van der Waals surface area contributed by atoms with Gasteiger partial charge in [-0.25, -0.2) is 4.79 Å². The zero-order valence-corrected chi connectivity index (χ0v) is 23.0. The maximum absolute atomic E-state index is 13.0. The van der Waals surface area contributed by atoms with Crippen molar-refractivity contribution in [3.63, 3.8) is 0 Å². The monoisotopic (exact) mass is 566 g/mol. The molecule has 0 aromatic heterocycles. The molecule has 0 amide bonds. The van der Waals surface area contributed by atoms with Gasteiger partial charge in [-0.15, -0.1) is 0 Å². The molecule has 5 fully saturated rings. The lowest BCUT2D eigenvalue weighted by molar-refractivity contribution is -0.319. The minimum atomic E-state index is -1.47. The first kappa shape index (κ1) is 28.7.